The Hall–Kier alpha value is -2.51. The third-order valence-corrected chi connectivity index (χ3v) is 3.62. The fourth-order valence-electron chi connectivity index (χ4n) is 2.46. The Labute approximate surface area is 129 Å². The predicted molar refractivity (Wildman–Crippen MR) is 82.5 cm³/mol. The molecule has 7 nitrogen and oxygen atoms in total. The highest BCUT2D eigenvalue weighted by molar-refractivity contribution is 6.28. The number of rotatable bonds is 3. The summed E-state index contributed by atoms with van der Waals surface area (Å²) in [5.41, 5.74) is 3.48. The molecule has 110 valence electrons. The molecule has 0 bridgehead atoms. The van der Waals surface area contributed by atoms with E-state index in [-0.39, 0.29) is 11.9 Å². The zero-order valence-corrected chi connectivity index (χ0v) is 12.1. The second-order valence-corrected chi connectivity index (χ2v) is 5.15. The summed E-state index contributed by atoms with van der Waals surface area (Å²) in [4.78, 5) is 20.3. The maximum Gasteiger partial charge on any atom is 0.225 e. The lowest BCUT2D eigenvalue weighted by Crippen LogP contribution is -2.02. The standard InChI is InChI=1S/C14H11ClN6O/c15-14-19-10(9-5-8-1-2-16-12(8)17-6-9)11-13(20-14)21(3-4-22)7-18-11/h1-2,5-7,22H,3-4H2,(H,16,17). The van der Waals surface area contributed by atoms with E-state index in [1.165, 1.54) is 0 Å². The minimum Gasteiger partial charge on any atom is -0.395 e. The van der Waals surface area contributed by atoms with Crippen LogP contribution in [0.25, 0.3) is 33.5 Å². The largest absolute Gasteiger partial charge is 0.395 e. The van der Waals surface area contributed by atoms with E-state index in [2.05, 4.69) is 24.9 Å². The van der Waals surface area contributed by atoms with Crippen LogP contribution in [-0.2, 0) is 6.54 Å². The molecule has 0 amide bonds. The van der Waals surface area contributed by atoms with E-state index in [1.807, 2.05) is 18.3 Å². The second kappa shape index (κ2) is 5.04. The van der Waals surface area contributed by atoms with Gasteiger partial charge in [-0.05, 0) is 23.7 Å². The average molecular weight is 315 g/mol. The van der Waals surface area contributed by atoms with Crippen LogP contribution >= 0.6 is 11.6 Å². The van der Waals surface area contributed by atoms with Crippen LogP contribution in [-0.4, -0.2) is 41.2 Å². The molecule has 0 aliphatic carbocycles. The Bertz CT molecular complexity index is 976. The Morgan fingerprint density at radius 3 is 3.05 bits per heavy atom. The molecule has 0 radical (unpaired) electrons. The van der Waals surface area contributed by atoms with Gasteiger partial charge in [-0.25, -0.2) is 15.0 Å². The van der Waals surface area contributed by atoms with E-state index in [0.717, 1.165) is 16.6 Å². The number of pyridine rings is 1. The highest BCUT2D eigenvalue weighted by atomic mass is 35.5. The number of halogens is 1. The van der Waals surface area contributed by atoms with Gasteiger partial charge in [-0.15, -0.1) is 0 Å². The molecule has 4 heterocycles. The van der Waals surface area contributed by atoms with Gasteiger partial charge in [0.1, 0.15) is 16.9 Å². The van der Waals surface area contributed by atoms with E-state index in [1.54, 1.807) is 17.1 Å². The Kier molecular flexibility index (Phi) is 3.02. The summed E-state index contributed by atoms with van der Waals surface area (Å²) in [6.45, 7) is 0.400. The van der Waals surface area contributed by atoms with Gasteiger partial charge in [0.25, 0.3) is 0 Å². The molecule has 0 aliphatic heterocycles. The number of nitrogens with one attached hydrogen (secondary N) is 1. The van der Waals surface area contributed by atoms with Crippen molar-refractivity contribution in [1.82, 2.24) is 29.5 Å². The number of H-pyrrole nitrogens is 1. The van der Waals surface area contributed by atoms with Crippen LogP contribution in [0.2, 0.25) is 5.28 Å². The highest BCUT2D eigenvalue weighted by Crippen LogP contribution is 2.27. The maximum absolute atomic E-state index is 9.11. The van der Waals surface area contributed by atoms with Crippen LogP contribution in [0.5, 0.6) is 0 Å². The van der Waals surface area contributed by atoms with Gasteiger partial charge in [0.2, 0.25) is 5.28 Å². The lowest BCUT2D eigenvalue weighted by Gasteiger charge is -2.04. The molecule has 0 spiro atoms. The van der Waals surface area contributed by atoms with E-state index >= 15 is 0 Å². The fourth-order valence-corrected chi connectivity index (χ4v) is 2.62. The number of aliphatic hydroxyl groups excluding tert-OH is 1. The molecule has 4 aromatic heterocycles. The molecule has 0 fully saturated rings. The van der Waals surface area contributed by atoms with Crippen molar-refractivity contribution < 1.29 is 5.11 Å². The van der Waals surface area contributed by atoms with E-state index in [4.69, 9.17) is 16.7 Å². The van der Waals surface area contributed by atoms with Crippen LogP contribution in [0.1, 0.15) is 0 Å². The number of hydrogen-bond acceptors (Lipinski definition) is 5. The number of imidazole rings is 1. The molecule has 2 N–H and O–H groups in total. The van der Waals surface area contributed by atoms with Gasteiger partial charge in [0, 0.05) is 29.9 Å². The molecule has 0 saturated carbocycles. The third kappa shape index (κ3) is 2.02. The van der Waals surface area contributed by atoms with Crippen LogP contribution in [0.15, 0.2) is 30.9 Å². The van der Waals surface area contributed by atoms with Crippen LogP contribution < -0.4 is 0 Å². The van der Waals surface area contributed by atoms with Crippen molar-refractivity contribution in [1.29, 1.82) is 0 Å². The molecule has 0 aliphatic rings. The Morgan fingerprint density at radius 1 is 1.27 bits per heavy atom. The van der Waals surface area contributed by atoms with Crippen molar-refractivity contribution >= 4 is 33.8 Å². The van der Waals surface area contributed by atoms with E-state index in [9.17, 15) is 0 Å². The van der Waals surface area contributed by atoms with Gasteiger partial charge in [-0.1, -0.05) is 0 Å². The Balaban J connectivity index is 1.96. The van der Waals surface area contributed by atoms with Gasteiger partial charge < -0.3 is 14.7 Å². The van der Waals surface area contributed by atoms with Crippen molar-refractivity contribution in [3.63, 3.8) is 0 Å². The smallest absolute Gasteiger partial charge is 0.225 e. The molecular weight excluding hydrogens is 304 g/mol. The van der Waals surface area contributed by atoms with Crippen molar-refractivity contribution in [2.24, 2.45) is 0 Å². The third-order valence-electron chi connectivity index (χ3n) is 3.45. The summed E-state index contributed by atoms with van der Waals surface area (Å²) in [6.07, 6.45) is 5.18. The van der Waals surface area contributed by atoms with Gasteiger partial charge in [-0.2, -0.15) is 4.98 Å². The van der Waals surface area contributed by atoms with Crippen molar-refractivity contribution in [2.45, 2.75) is 6.54 Å². The first-order valence-electron chi connectivity index (χ1n) is 6.69. The molecule has 0 atom stereocenters. The summed E-state index contributed by atoms with van der Waals surface area (Å²) in [7, 11) is 0. The minimum atomic E-state index is -0.000714. The topological polar surface area (TPSA) is 92.5 Å². The molecular formula is C14H11ClN6O. The molecule has 0 unspecified atom stereocenters. The highest BCUT2D eigenvalue weighted by Gasteiger charge is 2.15. The molecule has 0 saturated heterocycles. The first-order valence-corrected chi connectivity index (χ1v) is 7.07. The SMILES string of the molecule is OCCn1cnc2c(-c3cnc4[nH]ccc4c3)nc(Cl)nc21. The molecule has 22 heavy (non-hydrogen) atoms. The summed E-state index contributed by atoms with van der Waals surface area (Å²) in [5, 5.41) is 10.2. The van der Waals surface area contributed by atoms with Gasteiger partial charge >= 0.3 is 0 Å². The van der Waals surface area contributed by atoms with Crippen LogP contribution in [0.3, 0.4) is 0 Å². The fraction of sp³-hybridized carbons (Fsp3) is 0.143. The molecule has 0 aromatic carbocycles. The number of hydrogen-bond donors (Lipinski definition) is 2. The second-order valence-electron chi connectivity index (χ2n) is 4.81. The van der Waals surface area contributed by atoms with Crippen molar-refractivity contribution in [3.05, 3.63) is 36.1 Å². The van der Waals surface area contributed by atoms with Crippen molar-refractivity contribution in [3.8, 4) is 11.3 Å². The quantitative estimate of drug-likeness (QED) is 0.564. The number of nitrogens with zero attached hydrogens (tertiary/aromatic N) is 5. The van der Waals surface area contributed by atoms with Crippen LogP contribution in [0.4, 0.5) is 0 Å². The summed E-state index contributed by atoms with van der Waals surface area (Å²) in [5.74, 6) is 0. The first-order chi connectivity index (χ1) is 10.8. The van der Waals surface area contributed by atoms with Gasteiger partial charge in [-0.3, -0.25) is 0 Å². The first kappa shape index (κ1) is 13.2. The molecule has 8 heteroatoms. The monoisotopic (exact) mass is 314 g/mol. The predicted octanol–water partition coefficient (Wildman–Crippen LogP) is 2.02. The molecule has 4 rings (SSSR count). The zero-order valence-electron chi connectivity index (χ0n) is 11.4. The van der Waals surface area contributed by atoms with E-state index < -0.39 is 0 Å². The Morgan fingerprint density at radius 2 is 2.18 bits per heavy atom. The van der Waals surface area contributed by atoms with E-state index in [0.29, 0.717) is 23.4 Å². The number of fused-ring (bicyclic) bond motifs is 2. The normalized spacial score (nSPS) is 11.5. The maximum atomic E-state index is 9.11. The molecule has 4 aromatic rings. The van der Waals surface area contributed by atoms with Crippen molar-refractivity contribution in [2.75, 3.05) is 6.61 Å². The minimum absolute atomic E-state index is 0.000714. The van der Waals surface area contributed by atoms with Gasteiger partial charge in [0.15, 0.2) is 5.65 Å². The lowest BCUT2D eigenvalue weighted by molar-refractivity contribution is 0.277. The summed E-state index contributed by atoms with van der Waals surface area (Å²) < 4.78 is 1.74. The average Bonchev–Trinajstić information content (AvgIpc) is 3.13. The number of aromatic amines is 1. The number of aromatic nitrogens is 6. The number of aliphatic hydroxyl groups is 1. The van der Waals surface area contributed by atoms with Gasteiger partial charge in [0.05, 0.1) is 12.9 Å². The lowest BCUT2D eigenvalue weighted by atomic mass is 10.1. The summed E-state index contributed by atoms with van der Waals surface area (Å²) in [6, 6.07) is 3.91. The summed E-state index contributed by atoms with van der Waals surface area (Å²) >= 11 is 6.05. The van der Waals surface area contributed by atoms with Crippen LogP contribution in [0, 0.1) is 0 Å². The zero-order chi connectivity index (χ0) is 15.1.